The average Bonchev–Trinajstić information content (AvgIpc) is 2.22. The summed E-state index contributed by atoms with van der Waals surface area (Å²) in [6.07, 6.45) is 0. The van der Waals surface area contributed by atoms with Crippen molar-refractivity contribution in [3.8, 4) is 6.07 Å². The van der Waals surface area contributed by atoms with Crippen molar-refractivity contribution in [3.05, 3.63) is 0 Å². The molecule has 0 spiro atoms. The van der Waals surface area contributed by atoms with Crippen LogP contribution >= 0.6 is 0 Å². The van der Waals surface area contributed by atoms with Crippen LogP contribution in [0.4, 0.5) is 0 Å². The Hall–Kier alpha value is -1.12. The first-order valence-electron chi connectivity index (χ1n) is 4.78. The molecule has 1 rings (SSSR count). The standard InChI is InChI=1S/2C4H8O2.C2H3N/c1-2-6-4-3-5-1;1-3-6-4(2)5;1-2-3/h1-4H2;3H2,1-2H3;1H3. The first kappa shape index (κ1) is 16.3. The zero-order chi connectivity index (χ0) is 11.9. The second-order valence-corrected chi connectivity index (χ2v) is 2.37. The van der Waals surface area contributed by atoms with Gasteiger partial charge in [0.1, 0.15) is 0 Å². The van der Waals surface area contributed by atoms with E-state index in [9.17, 15) is 4.79 Å². The van der Waals surface area contributed by atoms with Crippen LogP contribution in [0.1, 0.15) is 20.8 Å². The lowest BCUT2D eigenvalue weighted by Crippen LogP contribution is -2.16. The predicted octanol–water partition coefficient (Wildman–Crippen LogP) is 1.13. The van der Waals surface area contributed by atoms with Gasteiger partial charge >= 0.3 is 5.97 Å². The maximum absolute atomic E-state index is 9.82. The molecule has 1 fully saturated rings. The van der Waals surface area contributed by atoms with Crippen molar-refractivity contribution in [2.45, 2.75) is 20.8 Å². The Kier molecular flexibility index (Phi) is 16.7. The fraction of sp³-hybridized carbons (Fsp3) is 0.800. The summed E-state index contributed by atoms with van der Waals surface area (Å²) in [5.74, 6) is -0.211. The zero-order valence-corrected chi connectivity index (χ0v) is 9.62. The van der Waals surface area contributed by atoms with Gasteiger partial charge in [0.2, 0.25) is 0 Å². The van der Waals surface area contributed by atoms with Gasteiger partial charge in [-0.15, -0.1) is 0 Å². The van der Waals surface area contributed by atoms with Crippen LogP contribution in [0.5, 0.6) is 0 Å². The molecule has 0 N–H and O–H groups in total. The molecule has 0 aliphatic carbocycles. The number of esters is 1. The van der Waals surface area contributed by atoms with Gasteiger partial charge in [-0.1, -0.05) is 0 Å². The molecule has 0 radical (unpaired) electrons. The van der Waals surface area contributed by atoms with Crippen molar-refractivity contribution in [3.63, 3.8) is 0 Å². The van der Waals surface area contributed by atoms with E-state index < -0.39 is 0 Å². The molecule has 1 heterocycles. The fourth-order valence-electron chi connectivity index (χ4n) is 0.643. The summed E-state index contributed by atoms with van der Waals surface area (Å²) in [5, 5.41) is 7.32. The Morgan fingerprint density at radius 1 is 1.33 bits per heavy atom. The van der Waals surface area contributed by atoms with Crippen LogP contribution in [-0.2, 0) is 19.0 Å². The van der Waals surface area contributed by atoms with E-state index in [0.717, 1.165) is 26.4 Å². The van der Waals surface area contributed by atoms with Crippen LogP contribution in [0.3, 0.4) is 0 Å². The van der Waals surface area contributed by atoms with E-state index in [1.54, 1.807) is 13.0 Å². The lowest BCUT2D eigenvalue weighted by molar-refractivity contribution is -0.140. The first-order chi connectivity index (χ1) is 7.18. The lowest BCUT2D eigenvalue weighted by atomic mass is 10.6. The quantitative estimate of drug-likeness (QED) is 0.616. The fourth-order valence-corrected chi connectivity index (χ4v) is 0.643. The molecule has 1 aliphatic heterocycles. The summed E-state index contributed by atoms with van der Waals surface area (Å²) in [6, 6.07) is 1.75. The van der Waals surface area contributed by atoms with Gasteiger partial charge in [0.25, 0.3) is 0 Å². The van der Waals surface area contributed by atoms with Crippen molar-refractivity contribution in [2.75, 3.05) is 33.0 Å². The molecule has 1 saturated heterocycles. The second kappa shape index (κ2) is 15.4. The van der Waals surface area contributed by atoms with Crippen molar-refractivity contribution >= 4 is 5.97 Å². The monoisotopic (exact) mass is 217 g/mol. The Morgan fingerprint density at radius 3 is 1.73 bits per heavy atom. The van der Waals surface area contributed by atoms with Gasteiger partial charge in [0.15, 0.2) is 0 Å². The molecule has 5 heteroatoms. The molecule has 15 heavy (non-hydrogen) atoms. The molecule has 0 amide bonds. The van der Waals surface area contributed by atoms with Gasteiger partial charge in [0.05, 0.1) is 39.1 Å². The van der Waals surface area contributed by atoms with Crippen LogP contribution in [0.25, 0.3) is 0 Å². The Bertz CT molecular complexity index is 161. The van der Waals surface area contributed by atoms with E-state index in [1.165, 1.54) is 13.8 Å². The molecule has 0 saturated carbocycles. The lowest BCUT2D eigenvalue weighted by Gasteiger charge is -2.09. The Balaban J connectivity index is 0. The minimum absolute atomic E-state index is 0.211. The van der Waals surface area contributed by atoms with E-state index in [-0.39, 0.29) is 5.97 Å². The number of nitriles is 1. The first-order valence-corrected chi connectivity index (χ1v) is 4.78. The SMILES string of the molecule is C1COCCO1.CC#N.CCOC(C)=O. The van der Waals surface area contributed by atoms with Crippen LogP contribution in [0, 0.1) is 11.3 Å². The van der Waals surface area contributed by atoms with Crippen LogP contribution in [0.15, 0.2) is 0 Å². The molecule has 5 nitrogen and oxygen atoms in total. The summed E-state index contributed by atoms with van der Waals surface area (Å²) in [7, 11) is 0. The van der Waals surface area contributed by atoms with E-state index >= 15 is 0 Å². The molecule has 0 aromatic rings. The summed E-state index contributed by atoms with van der Waals surface area (Å²) in [5.41, 5.74) is 0. The highest BCUT2D eigenvalue weighted by molar-refractivity contribution is 5.65. The van der Waals surface area contributed by atoms with E-state index in [0.29, 0.717) is 6.61 Å². The second-order valence-electron chi connectivity index (χ2n) is 2.37. The van der Waals surface area contributed by atoms with Crippen molar-refractivity contribution < 1.29 is 19.0 Å². The minimum atomic E-state index is -0.211. The number of nitrogens with zero attached hydrogens (tertiary/aromatic N) is 1. The Labute approximate surface area is 90.9 Å². The number of ether oxygens (including phenoxy) is 3. The zero-order valence-electron chi connectivity index (χ0n) is 9.62. The largest absolute Gasteiger partial charge is 0.466 e. The van der Waals surface area contributed by atoms with Crippen molar-refractivity contribution in [1.82, 2.24) is 0 Å². The average molecular weight is 217 g/mol. The molecule has 1 aliphatic rings. The number of rotatable bonds is 1. The number of hydrogen-bond acceptors (Lipinski definition) is 5. The van der Waals surface area contributed by atoms with Gasteiger partial charge < -0.3 is 14.2 Å². The maximum atomic E-state index is 9.82. The van der Waals surface area contributed by atoms with E-state index in [1.807, 2.05) is 0 Å². The minimum Gasteiger partial charge on any atom is -0.466 e. The van der Waals surface area contributed by atoms with Gasteiger partial charge in [-0.2, -0.15) is 5.26 Å². The van der Waals surface area contributed by atoms with Crippen LogP contribution in [0.2, 0.25) is 0 Å². The molecule has 0 unspecified atom stereocenters. The van der Waals surface area contributed by atoms with Crippen molar-refractivity contribution in [1.29, 1.82) is 5.26 Å². The molecule has 0 bridgehead atoms. The maximum Gasteiger partial charge on any atom is 0.302 e. The van der Waals surface area contributed by atoms with Crippen molar-refractivity contribution in [2.24, 2.45) is 0 Å². The summed E-state index contributed by atoms with van der Waals surface area (Å²) in [4.78, 5) is 9.82. The molecule has 88 valence electrons. The summed E-state index contributed by atoms with van der Waals surface area (Å²) in [6.45, 7) is 8.19. The highest BCUT2D eigenvalue weighted by atomic mass is 16.6. The number of hydrogen-bond donors (Lipinski definition) is 0. The highest BCUT2D eigenvalue weighted by Crippen LogP contribution is 1.85. The van der Waals surface area contributed by atoms with Gasteiger partial charge in [-0.05, 0) is 6.92 Å². The molecule has 0 aromatic carbocycles. The summed E-state index contributed by atoms with van der Waals surface area (Å²) >= 11 is 0. The molecule has 0 aromatic heterocycles. The third-order valence-electron chi connectivity index (χ3n) is 1.09. The van der Waals surface area contributed by atoms with E-state index in [2.05, 4.69) is 4.74 Å². The smallest absolute Gasteiger partial charge is 0.302 e. The van der Waals surface area contributed by atoms with Gasteiger partial charge in [0, 0.05) is 13.8 Å². The molecule has 0 atom stereocenters. The summed E-state index contributed by atoms with van der Waals surface area (Å²) < 4.78 is 14.3. The number of carbonyl (C=O) groups is 1. The normalized spacial score (nSPS) is 13.2. The topological polar surface area (TPSA) is 68.6 Å². The third kappa shape index (κ3) is 24.6. The van der Waals surface area contributed by atoms with Gasteiger partial charge in [-0.3, -0.25) is 4.79 Å². The molecular weight excluding hydrogens is 198 g/mol. The highest BCUT2D eigenvalue weighted by Gasteiger charge is 1.94. The van der Waals surface area contributed by atoms with Gasteiger partial charge in [-0.25, -0.2) is 0 Å². The third-order valence-corrected chi connectivity index (χ3v) is 1.09. The number of carbonyl (C=O) groups excluding carboxylic acids is 1. The Morgan fingerprint density at radius 2 is 1.67 bits per heavy atom. The van der Waals surface area contributed by atoms with Crippen LogP contribution < -0.4 is 0 Å². The van der Waals surface area contributed by atoms with Crippen LogP contribution in [-0.4, -0.2) is 39.0 Å². The predicted molar refractivity (Wildman–Crippen MR) is 55.2 cm³/mol. The molecular formula is C10H19NO4. The van der Waals surface area contributed by atoms with E-state index in [4.69, 9.17) is 14.7 Å².